The summed E-state index contributed by atoms with van der Waals surface area (Å²) in [6.45, 7) is 11.2. The SMILES string of the molecule is COc1ccc(C(OC[C@H]2O[C@@H](n3cnc4c(NC(=O)c5ccccc5)ncnc43)[C@H](O[Si](C)(C)C(C)(C)C)[C@@H]2/N=C\c2ccccc2)(c2ccccc2)c2ccc(OC)cc2)cc1. The molecule has 0 saturated carbocycles. The molecule has 0 aliphatic carbocycles. The van der Waals surface area contributed by atoms with Gasteiger partial charge in [0.2, 0.25) is 0 Å². The monoisotopic (exact) mass is 874 g/mol. The van der Waals surface area contributed by atoms with Crippen molar-refractivity contribution in [2.24, 2.45) is 4.99 Å². The molecular formula is C51H54N6O6Si. The van der Waals surface area contributed by atoms with Gasteiger partial charge in [0.1, 0.15) is 41.7 Å². The van der Waals surface area contributed by atoms with E-state index in [1.54, 1.807) is 32.7 Å². The second kappa shape index (κ2) is 18.7. The fourth-order valence-electron chi connectivity index (χ4n) is 7.80. The molecular weight excluding hydrogens is 821 g/mol. The maximum Gasteiger partial charge on any atom is 0.256 e. The van der Waals surface area contributed by atoms with E-state index in [4.69, 9.17) is 38.3 Å². The maximum absolute atomic E-state index is 13.3. The van der Waals surface area contributed by atoms with Gasteiger partial charge in [0.15, 0.2) is 31.5 Å². The Morgan fingerprint density at radius 1 is 0.766 bits per heavy atom. The first-order valence-electron chi connectivity index (χ1n) is 21.4. The molecule has 0 bridgehead atoms. The minimum absolute atomic E-state index is 0.0948. The molecule has 1 N–H and O–H groups in total. The Hall–Kier alpha value is -6.51. The van der Waals surface area contributed by atoms with Crippen molar-refractivity contribution in [3.63, 3.8) is 0 Å². The summed E-state index contributed by atoms with van der Waals surface area (Å²) in [7, 11) is 0.792. The van der Waals surface area contributed by atoms with Crippen molar-refractivity contribution >= 4 is 37.4 Å². The van der Waals surface area contributed by atoms with Crippen molar-refractivity contribution in [3.8, 4) is 11.5 Å². The number of amides is 1. The number of methoxy groups -OCH3 is 2. The molecule has 1 saturated heterocycles. The van der Waals surface area contributed by atoms with Crippen LogP contribution in [-0.2, 0) is 19.5 Å². The van der Waals surface area contributed by atoms with E-state index in [-0.39, 0.29) is 23.4 Å². The van der Waals surface area contributed by atoms with Gasteiger partial charge in [-0.15, -0.1) is 0 Å². The fraction of sp³-hybridized carbons (Fsp3) is 0.275. The number of ether oxygens (including phenoxy) is 4. The molecule has 1 aliphatic heterocycles. The maximum atomic E-state index is 13.3. The lowest BCUT2D eigenvalue weighted by molar-refractivity contribution is -0.0850. The zero-order valence-corrected chi connectivity index (χ0v) is 38.2. The van der Waals surface area contributed by atoms with Crippen molar-refractivity contribution in [1.29, 1.82) is 0 Å². The molecule has 8 rings (SSSR count). The summed E-state index contributed by atoms with van der Waals surface area (Å²) < 4.78 is 35.2. The van der Waals surface area contributed by atoms with Gasteiger partial charge < -0.3 is 28.7 Å². The molecule has 12 nitrogen and oxygen atoms in total. The van der Waals surface area contributed by atoms with Gasteiger partial charge in [-0.1, -0.05) is 124 Å². The first-order chi connectivity index (χ1) is 30.9. The minimum Gasteiger partial charge on any atom is -0.497 e. The molecule has 5 aromatic carbocycles. The molecule has 1 aliphatic rings. The van der Waals surface area contributed by atoms with E-state index in [9.17, 15) is 4.79 Å². The van der Waals surface area contributed by atoms with Gasteiger partial charge in [-0.3, -0.25) is 14.4 Å². The Balaban J connectivity index is 1.26. The zero-order chi connectivity index (χ0) is 44.9. The van der Waals surface area contributed by atoms with Crippen molar-refractivity contribution < 1.29 is 28.2 Å². The first kappa shape index (κ1) is 44.1. The Labute approximate surface area is 375 Å². The number of aliphatic imine (C=N–C) groups is 1. The fourth-order valence-corrected chi connectivity index (χ4v) is 9.09. The molecule has 1 fully saturated rings. The second-order valence-corrected chi connectivity index (χ2v) is 22.0. The molecule has 13 heteroatoms. The number of fused-ring (bicyclic) bond motifs is 1. The lowest BCUT2D eigenvalue weighted by atomic mass is 9.80. The van der Waals surface area contributed by atoms with E-state index in [0.29, 0.717) is 16.7 Å². The van der Waals surface area contributed by atoms with Gasteiger partial charge in [0.05, 0.1) is 27.2 Å². The summed E-state index contributed by atoms with van der Waals surface area (Å²) in [4.78, 5) is 32.6. The third kappa shape index (κ3) is 8.97. The number of nitrogens with zero attached hydrogens (tertiary/aromatic N) is 5. The Morgan fingerprint density at radius 2 is 1.33 bits per heavy atom. The molecule has 2 aromatic heterocycles. The number of carbonyl (C=O) groups excluding carboxylic acids is 1. The van der Waals surface area contributed by atoms with Gasteiger partial charge >= 0.3 is 0 Å². The van der Waals surface area contributed by atoms with Crippen LogP contribution in [-0.4, -0.2) is 79.0 Å². The number of benzene rings is 5. The lowest BCUT2D eigenvalue weighted by Gasteiger charge is -2.40. The normalized spacial score (nSPS) is 18.0. The standard InChI is InChI=1S/C51H54N6O6Si/c1-50(2,3)64(6,7)63-45-43(52-31-35-17-11-8-12-18-35)42(62-49(45)57-34-55-44-46(53-33-54-47(44)57)56-48(58)36-19-13-9-14-20-36)32-61-51(37-21-15-10-16-22-37,38-23-27-40(59-4)28-24-38)39-25-29-41(60-5)30-26-39/h8-31,33-34,42-43,45,49H,32H2,1-7H3,(H,53,54,56,58)/b52-31-/t42-,43-,45-,49-/m1/s1. The van der Waals surface area contributed by atoms with Gasteiger partial charge in [-0.2, -0.15) is 0 Å². The summed E-state index contributed by atoms with van der Waals surface area (Å²) >= 11 is 0. The molecule has 4 atom stereocenters. The highest BCUT2D eigenvalue weighted by molar-refractivity contribution is 6.74. The summed E-state index contributed by atoms with van der Waals surface area (Å²) in [5, 5.41) is 2.78. The topological polar surface area (TPSA) is 131 Å². The van der Waals surface area contributed by atoms with E-state index >= 15 is 0 Å². The minimum atomic E-state index is -2.52. The summed E-state index contributed by atoms with van der Waals surface area (Å²) in [6.07, 6.45) is 2.96. The van der Waals surface area contributed by atoms with E-state index in [2.05, 4.69) is 56.3 Å². The summed E-state index contributed by atoms with van der Waals surface area (Å²) in [5.41, 5.74) is 3.88. The number of nitrogens with one attached hydrogen (secondary N) is 1. The highest BCUT2D eigenvalue weighted by atomic mass is 28.4. The Morgan fingerprint density at radius 3 is 1.91 bits per heavy atom. The zero-order valence-electron chi connectivity index (χ0n) is 37.2. The second-order valence-electron chi connectivity index (χ2n) is 17.3. The molecule has 328 valence electrons. The molecule has 0 radical (unpaired) electrons. The van der Waals surface area contributed by atoms with E-state index in [1.807, 2.05) is 126 Å². The number of aromatic nitrogens is 4. The number of rotatable bonds is 15. The molecule has 1 amide bonds. The average Bonchev–Trinajstić information content (AvgIpc) is 3.90. The lowest BCUT2D eigenvalue weighted by Crippen LogP contribution is -2.48. The van der Waals surface area contributed by atoms with Crippen molar-refractivity contribution in [3.05, 3.63) is 180 Å². The van der Waals surface area contributed by atoms with Crippen LogP contribution in [0.2, 0.25) is 18.1 Å². The van der Waals surface area contributed by atoms with Gasteiger partial charge in [0.25, 0.3) is 5.91 Å². The van der Waals surface area contributed by atoms with Crippen LogP contribution >= 0.6 is 0 Å². The van der Waals surface area contributed by atoms with Crippen molar-refractivity contribution in [2.45, 2.75) is 69.0 Å². The number of anilines is 1. The highest BCUT2D eigenvalue weighted by Gasteiger charge is 2.52. The van der Waals surface area contributed by atoms with Crippen LogP contribution in [0.3, 0.4) is 0 Å². The summed E-state index contributed by atoms with van der Waals surface area (Å²) in [6, 6.07) is 44.5. The number of imidazole rings is 1. The number of hydrogen-bond acceptors (Lipinski definition) is 10. The largest absolute Gasteiger partial charge is 0.497 e. The average molecular weight is 875 g/mol. The molecule has 3 heterocycles. The van der Waals surface area contributed by atoms with Crippen molar-refractivity contribution in [1.82, 2.24) is 19.5 Å². The molecule has 64 heavy (non-hydrogen) atoms. The third-order valence-corrected chi connectivity index (χ3v) is 16.8. The molecule has 0 unspecified atom stereocenters. The predicted molar refractivity (Wildman–Crippen MR) is 252 cm³/mol. The summed E-state index contributed by atoms with van der Waals surface area (Å²) in [5.74, 6) is 1.42. The van der Waals surface area contributed by atoms with Gasteiger partial charge in [0, 0.05) is 11.8 Å². The van der Waals surface area contributed by atoms with Crippen LogP contribution in [0.1, 0.15) is 59.6 Å². The van der Waals surface area contributed by atoms with E-state index < -0.39 is 38.4 Å². The van der Waals surface area contributed by atoms with E-state index in [0.717, 1.165) is 33.8 Å². The van der Waals surface area contributed by atoms with Crippen LogP contribution in [0.5, 0.6) is 11.5 Å². The third-order valence-electron chi connectivity index (χ3n) is 12.3. The smallest absolute Gasteiger partial charge is 0.256 e. The predicted octanol–water partition coefficient (Wildman–Crippen LogP) is 9.88. The Bertz CT molecular complexity index is 2630. The molecule has 0 spiro atoms. The van der Waals surface area contributed by atoms with Crippen LogP contribution in [0.4, 0.5) is 5.82 Å². The van der Waals surface area contributed by atoms with Crippen LogP contribution < -0.4 is 14.8 Å². The quantitative estimate of drug-likeness (QED) is 0.0608. The van der Waals surface area contributed by atoms with Gasteiger partial charge in [-0.25, -0.2) is 15.0 Å². The van der Waals surface area contributed by atoms with Crippen LogP contribution in [0.15, 0.2) is 157 Å². The Kier molecular flexibility index (Phi) is 12.9. The first-order valence-corrected chi connectivity index (χ1v) is 24.3. The number of carbonyl (C=O) groups is 1. The van der Waals surface area contributed by atoms with Crippen LogP contribution in [0, 0.1) is 0 Å². The van der Waals surface area contributed by atoms with Crippen molar-refractivity contribution in [2.75, 3.05) is 26.1 Å². The van der Waals surface area contributed by atoms with Crippen LogP contribution in [0.25, 0.3) is 11.2 Å². The van der Waals surface area contributed by atoms with E-state index in [1.165, 1.54) is 6.33 Å². The van der Waals surface area contributed by atoms with Gasteiger partial charge in [-0.05, 0) is 76.8 Å². The number of hydrogen-bond donors (Lipinski definition) is 1. The molecule has 7 aromatic rings. The highest BCUT2D eigenvalue weighted by Crippen LogP contribution is 2.46.